The third kappa shape index (κ3) is 12.8. The number of rotatable bonds is 22. The van der Waals surface area contributed by atoms with Crippen LogP contribution in [0, 0.1) is 0 Å². The van der Waals surface area contributed by atoms with Crippen molar-refractivity contribution in [3.05, 3.63) is 35.2 Å². The molecule has 0 amide bonds. The summed E-state index contributed by atoms with van der Waals surface area (Å²) < 4.78 is 21.8. The van der Waals surface area contributed by atoms with Crippen molar-refractivity contribution in [3.8, 4) is 0 Å². The lowest BCUT2D eigenvalue weighted by Crippen LogP contribution is -2.13. The van der Waals surface area contributed by atoms with Crippen molar-refractivity contribution in [1.29, 1.82) is 0 Å². The van der Waals surface area contributed by atoms with Crippen LogP contribution in [0.15, 0.2) is 18.2 Å². The van der Waals surface area contributed by atoms with E-state index in [0.717, 1.165) is 28.8 Å². The number of halogens is 2. The third-order valence-electron chi connectivity index (χ3n) is 5.39. The van der Waals surface area contributed by atoms with Gasteiger partial charge < -0.3 is 24.7 Å². The second-order valence-electron chi connectivity index (χ2n) is 8.24. The fraction of sp³-hybridized carbons (Fsp3) is 0.615. The number of benzene rings is 1. The molecule has 0 spiro atoms. The molecule has 11 heteroatoms. The Morgan fingerprint density at radius 2 is 1.27 bits per heavy atom. The van der Waals surface area contributed by atoms with Gasteiger partial charge in [0.05, 0.1) is 68.7 Å². The topological polar surface area (TPSA) is 123 Å². The van der Waals surface area contributed by atoms with Gasteiger partial charge in [0, 0.05) is 42.1 Å². The van der Waals surface area contributed by atoms with Crippen LogP contribution in [0.1, 0.15) is 53.8 Å². The van der Waals surface area contributed by atoms with E-state index in [0.29, 0.717) is 101 Å². The van der Waals surface area contributed by atoms with Crippen molar-refractivity contribution in [2.75, 3.05) is 59.4 Å². The minimum atomic E-state index is 0.0628. The van der Waals surface area contributed by atoms with E-state index in [1.165, 1.54) is 0 Å². The summed E-state index contributed by atoms with van der Waals surface area (Å²) in [6.07, 6.45) is 2.72. The van der Waals surface area contributed by atoms with Gasteiger partial charge in [-0.15, -0.1) is 0 Å². The van der Waals surface area contributed by atoms with Crippen LogP contribution in [-0.4, -0.2) is 80.9 Å². The molecule has 0 fully saturated rings. The molecule has 0 aliphatic rings. The Labute approximate surface area is 235 Å². The molecule has 1 heterocycles. The minimum Gasteiger partial charge on any atom is -0.379 e. The fourth-order valence-corrected chi connectivity index (χ4v) is 4.26. The van der Waals surface area contributed by atoms with Crippen molar-refractivity contribution >= 4 is 54.5 Å². The van der Waals surface area contributed by atoms with Gasteiger partial charge >= 0.3 is 0 Å². The van der Waals surface area contributed by atoms with Crippen molar-refractivity contribution in [2.45, 2.75) is 42.8 Å². The van der Waals surface area contributed by atoms with Gasteiger partial charge in [-0.2, -0.15) is 0 Å². The number of nitrogens with zero attached hydrogens (tertiary/aromatic N) is 2. The van der Waals surface area contributed by atoms with Crippen LogP contribution in [0.5, 0.6) is 0 Å². The lowest BCUT2D eigenvalue weighted by molar-refractivity contribution is -0.120. The summed E-state index contributed by atoms with van der Waals surface area (Å²) in [5, 5.41) is 1.24. The SMILES string of the molecule is NCCCC(=O)CCOCCOCCOCCOCCCC(=O)c1ccc2nc(CBr)c(CBr)nc2c1. The second kappa shape index (κ2) is 19.7. The number of hydrogen-bond donors (Lipinski definition) is 1. The molecule has 206 valence electrons. The Kier molecular flexibility index (Phi) is 17.0. The van der Waals surface area contributed by atoms with Gasteiger partial charge in [-0.25, -0.2) is 9.97 Å². The van der Waals surface area contributed by atoms with E-state index in [1.807, 2.05) is 12.1 Å². The quantitative estimate of drug-likeness (QED) is 0.114. The third-order valence-corrected chi connectivity index (χ3v) is 6.45. The predicted molar refractivity (Wildman–Crippen MR) is 150 cm³/mol. The molecule has 2 aromatic rings. The van der Waals surface area contributed by atoms with Crippen LogP contribution >= 0.6 is 31.9 Å². The summed E-state index contributed by atoms with van der Waals surface area (Å²) in [4.78, 5) is 33.3. The van der Waals surface area contributed by atoms with Gasteiger partial charge in [-0.3, -0.25) is 9.59 Å². The molecule has 0 radical (unpaired) electrons. The van der Waals surface area contributed by atoms with Crippen LogP contribution in [0.3, 0.4) is 0 Å². The minimum absolute atomic E-state index is 0.0628. The Morgan fingerprint density at radius 1 is 0.703 bits per heavy atom. The van der Waals surface area contributed by atoms with Crippen LogP contribution < -0.4 is 5.73 Å². The van der Waals surface area contributed by atoms with E-state index in [1.54, 1.807) is 6.07 Å². The number of ether oxygens (including phenoxy) is 4. The van der Waals surface area contributed by atoms with Gasteiger partial charge in [0.1, 0.15) is 5.78 Å². The average molecular weight is 647 g/mol. The van der Waals surface area contributed by atoms with Crippen molar-refractivity contribution in [3.63, 3.8) is 0 Å². The number of carbonyl (C=O) groups is 2. The summed E-state index contributed by atoms with van der Waals surface area (Å²) in [5.41, 5.74) is 9.27. The van der Waals surface area contributed by atoms with Crippen LogP contribution in [0.4, 0.5) is 0 Å². The first kappa shape index (κ1) is 31.9. The molecule has 1 aromatic heterocycles. The Balaban J connectivity index is 1.46. The maximum absolute atomic E-state index is 12.6. The van der Waals surface area contributed by atoms with Gasteiger partial charge in [0.2, 0.25) is 0 Å². The molecule has 9 nitrogen and oxygen atoms in total. The highest BCUT2D eigenvalue weighted by Gasteiger charge is 2.11. The number of carbonyl (C=O) groups excluding carboxylic acids is 2. The molecule has 1 aromatic carbocycles. The highest BCUT2D eigenvalue weighted by Crippen LogP contribution is 2.19. The van der Waals surface area contributed by atoms with Gasteiger partial charge in [-0.05, 0) is 37.6 Å². The average Bonchev–Trinajstić information content (AvgIpc) is 2.92. The molecule has 0 unspecified atom stereocenters. The molecule has 0 atom stereocenters. The number of alkyl halides is 2. The molecule has 0 saturated heterocycles. The first-order chi connectivity index (χ1) is 18.1. The van der Waals surface area contributed by atoms with E-state index in [4.69, 9.17) is 24.7 Å². The molecule has 0 aliphatic carbocycles. The molecule has 0 aliphatic heterocycles. The number of hydrogen-bond acceptors (Lipinski definition) is 9. The highest BCUT2D eigenvalue weighted by molar-refractivity contribution is 9.09. The molecule has 2 rings (SSSR count). The van der Waals surface area contributed by atoms with Crippen molar-refractivity contribution in [2.24, 2.45) is 5.73 Å². The molecule has 0 bridgehead atoms. The largest absolute Gasteiger partial charge is 0.379 e. The van der Waals surface area contributed by atoms with E-state index in [9.17, 15) is 9.59 Å². The smallest absolute Gasteiger partial charge is 0.163 e. The van der Waals surface area contributed by atoms with Gasteiger partial charge in [-0.1, -0.05) is 31.9 Å². The normalized spacial score (nSPS) is 11.3. The molecule has 2 N–H and O–H groups in total. The zero-order valence-corrected chi connectivity index (χ0v) is 24.4. The Morgan fingerprint density at radius 3 is 1.86 bits per heavy atom. The highest BCUT2D eigenvalue weighted by atomic mass is 79.9. The fourth-order valence-electron chi connectivity index (χ4n) is 3.37. The Bertz CT molecular complexity index is 963. The summed E-state index contributed by atoms with van der Waals surface area (Å²) in [6.45, 7) is 4.24. The summed E-state index contributed by atoms with van der Waals surface area (Å²) in [5.74, 6) is 0.245. The number of fused-ring (bicyclic) bond motifs is 1. The monoisotopic (exact) mass is 645 g/mol. The van der Waals surface area contributed by atoms with Gasteiger partial charge in [0.15, 0.2) is 5.78 Å². The van der Waals surface area contributed by atoms with E-state index < -0.39 is 0 Å². The summed E-state index contributed by atoms with van der Waals surface area (Å²) in [6, 6.07) is 5.46. The molecule has 37 heavy (non-hydrogen) atoms. The van der Waals surface area contributed by atoms with Crippen molar-refractivity contribution in [1.82, 2.24) is 9.97 Å². The van der Waals surface area contributed by atoms with Crippen LogP contribution in [0.25, 0.3) is 11.0 Å². The predicted octanol–water partition coefficient (Wildman–Crippen LogP) is 4.15. The molecule has 0 saturated carbocycles. The van der Waals surface area contributed by atoms with Crippen molar-refractivity contribution < 1.29 is 28.5 Å². The number of ketones is 2. The van der Waals surface area contributed by atoms with Crippen LogP contribution in [-0.2, 0) is 34.4 Å². The van der Waals surface area contributed by atoms with Crippen LogP contribution in [0.2, 0.25) is 0 Å². The van der Waals surface area contributed by atoms with E-state index in [2.05, 4.69) is 41.8 Å². The maximum Gasteiger partial charge on any atom is 0.163 e. The number of aromatic nitrogens is 2. The zero-order chi connectivity index (χ0) is 26.7. The lowest BCUT2D eigenvalue weighted by Gasteiger charge is -2.08. The first-order valence-corrected chi connectivity index (χ1v) is 14.8. The van der Waals surface area contributed by atoms with Gasteiger partial charge in [0.25, 0.3) is 0 Å². The van der Waals surface area contributed by atoms with E-state index >= 15 is 0 Å². The molecular weight excluding hydrogens is 610 g/mol. The maximum atomic E-state index is 12.6. The number of nitrogens with two attached hydrogens (primary N) is 1. The zero-order valence-electron chi connectivity index (χ0n) is 21.2. The summed E-state index contributed by atoms with van der Waals surface area (Å²) in [7, 11) is 0. The standard InChI is InChI=1S/C26H37Br2N3O6/c27-18-24-25(19-28)31-23-17-20(5-6-22(23)30-24)26(33)4-2-9-34-11-13-36-15-16-37-14-12-35-10-7-21(32)3-1-8-29/h5-6,17H,1-4,7-16,18-19,29H2. The second-order valence-corrected chi connectivity index (χ2v) is 9.37. The molecular formula is C26H37Br2N3O6. The Hall–Kier alpha value is -1.34. The van der Waals surface area contributed by atoms with E-state index in [-0.39, 0.29) is 11.6 Å². The summed E-state index contributed by atoms with van der Waals surface area (Å²) >= 11 is 6.88. The first-order valence-electron chi connectivity index (χ1n) is 12.6. The number of Topliss-reactive ketones (excluding diaryl/α,β-unsaturated/α-hetero) is 2. The lowest BCUT2D eigenvalue weighted by atomic mass is 10.1.